The maximum absolute atomic E-state index is 12.1. The summed E-state index contributed by atoms with van der Waals surface area (Å²) in [6, 6.07) is 16.9. The van der Waals surface area contributed by atoms with E-state index >= 15 is 0 Å². The molecule has 0 amide bonds. The molecule has 0 aliphatic carbocycles. The monoisotopic (exact) mass is 275 g/mol. The Balaban J connectivity index is 2.35. The summed E-state index contributed by atoms with van der Waals surface area (Å²) in [7, 11) is -1.77. The van der Waals surface area contributed by atoms with Crippen molar-refractivity contribution in [2.75, 3.05) is 13.6 Å². The van der Waals surface area contributed by atoms with Gasteiger partial charge in [0.1, 0.15) is 0 Å². The van der Waals surface area contributed by atoms with Gasteiger partial charge in [-0.3, -0.25) is 0 Å². The number of rotatable bonds is 4. The molecule has 0 fully saturated rings. The molecule has 4 heteroatoms. The number of hydrogen-bond acceptors (Lipinski definition) is 2. The number of sulfonamides is 1. The zero-order valence-electron chi connectivity index (χ0n) is 11.1. The van der Waals surface area contributed by atoms with Crippen molar-refractivity contribution in [2.24, 2.45) is 0 Å². The van der Waals surface area contributed by atoms with Crippen molar-refractivity contribution in [3.05, 3.63) is 54.6 Å². The SMILES string of the molecule is CCN(C)S(=O)(=O)c1ccc(-c2ccccc2)cc1. The Morgan fingerprint density at radius 1 is 0.895 bits per heavy atom. The predicted molar refractivity (Wildman–Crippen MR) is 77.4 cm³/mol. The molecule has 0 unspecified atom stereocenters. The van der Waals surface area contributed by atoms with Crippen molar-refractivity contribution in [3.63, 3.8) is 0 Å². The maximum Gasteiger partial charge on any atom is 0.242 e. The summed E-state index contributed by atoms with van der Waals surface area (Å²) >= 11 is 0. The molecule has 0 aliphatic heterocycles. The van der Waals surface area contributed by atoms with Crippen LogP contribution in [-0.4, -0.2) is 26.3 Å². The molecule has 0 saturated carbocycles. The second kappa shape index (κ2) is 5.55. The van der Waals surface area contributed by atoms with Gasteiger partial charge < -0.3 is 0 Å². The van der Waals surface area contributed by atoms with Gasteiger partial charge in [-0.05, 0) is 23.3 Å². The summed E-state index contributed by atoms with van der Waals surface area (Å²) in [5.41, 5.74) is 2.09. The van der Waals surface area contributed by atoms with Gasteiger partial charge in [-0.15, -0.1) is 0 Å². The average molecular weight is 275 g/mol. The van der Waals surface area contributed by atoms with Gasteiger partial charge >= 0.3 is 0 Å². The largest absolute Gasteiger partial charge is 0.242 e. The lowest BCUT2D eigenvalue weighted by molar-refractivity contribution is 0.486. The molecule has 0 heterocycles. The normalized spacial score (nSPS) is 11.7. The Bertz CT molecular complexity index is 634. The Hall–Kier alpha value is -1.65. The summed E-state index contributed by atoms with van der Waals surface area (Å²) in [5, 5.41) is 0. The van der Waals surface area contributed by atoms with E-state index in [4.69, 9.17) is 0 Å². The summed E-state index contributed by atoms with van der Waals surface area (Å²) in [6.45, 7) is 2.28. The molecule has 2 aromatic carbocycles. The van der Waals surface area contributed by atoms with Crippen LogP contribution in [0.15, 0.2) is 59.5 Å². The Morgan fingerprint density at radius 3 is 1.95 bits per heavy atom. The second-order valence-electron chi connectivity index (χ2n) is 4.31. The van der Waals surface area contributed by atoms with E-state index in [2.05, 4.69) is 0 Å². The van der Waals surface area contributed by atoms with Crippen LogP contribution < -0.4 is 0 Å². The Kier molecular flexibility index (Phi) is 4.02. The molecule has 0 saturated heterocycles. The minimum absolute atomic E-state index is 0.330. The van der Waals surface area contributed by atoms with E-state index in [1.807, 2.05) is 49.4 Å². The lowest BCUT2D eigenvalue weighted by atomic mass is 10.1. The van der Waals surface area contributed by atoms with Crippen LogP contribution in [0.3, 0.4) is 0 Å². The smallest absolute Gasteiger partial charge is 0.207 e. The third kappa shape index (κ3) is 2.85. The van der Waals surface area contributed by atoms with E-state index in [0.717, 1.165) is 11.1 Å². The highest BCUT2D eigenvalue weighted by Crippen LogP contribution is 2.22. The Labute approximate surface area is 114 Å². The van der Waals surface area contributed by atoms with Gasteiger partial charge in [0.2, 0.25) is 10.0 Å². The van der Waals surface area contributed by atoms with Crippen LogP contribution in [0.25, 0.3) is 11.1 Å². The molecule has 100 valence electrons. The minimum atomic E-state index is -3.35. The third-order valence-electron chi connectivity index (χ3n) is 3.11. The Morgan fingerprint density at radius 2 is 1.42 bits per heavy atom. The first kappa shape index (κ1) is 13.8. The molecule has 3 nitrogen and oxygen atoms in total. The average Bonchev–Trinajstić information content (AvgIpc) is 2.47. The minimum Gasteiger partial charge on any atom is -0.207 e. The number of nitrogens with zero attached hydrogens (tertiary/aromatic N) is 1. The van der Waals surface area contributed by atoms with Gasteiger partial charge in [0.05, 0.1) is 4.90 Å². The van der Waals surface area contributed by atoms with E-state index in [-0.39, 0.29) is 0 Å². The maximum atomic E-state index is 12.1. The lowest BCUT2D eigenvalue weighted by Gasteiger charge is -2.15. The van der Waals surface area contributed by atoms with Crippen molar-refractivity contribution in [1.29, 1.82) is 0 Å². The van der Waals surface area contributed by atoms with Crippen LogP contribution in [0.2, 0.25) is 0 Å². The fourth-order valence-corrected chi connectivity index (χ4v) is 2.98. The first-order valence-corrected chi connectivity index (χ1v) is 7.61. The molecule has 0 bridgehead atoms. The first-order valence-electron chi connectivity index (χ1n) is 6.17. The van der Waals surface area contributed by atoms with Gasteiger partial charge in [-0.1, -0.05) is 49.4 Å². The standard InChI is InChI=1S/C15H17NO2S/c1-3-16(2)19(17,18)15-11-9-14(10-12-15)13-7-5-4-6-8-13/h4-12H,3H2,1-2H3. The highest BCUT2D eigenvalue weighted by molar-refractivity contribution is 7.89. The number of hydrogen-bond donors (Lipinski definition) is 0. The van der Waals surface area contributed by atoms with Gasteiger partial charge in [0.15, 0.2) is 0 Å². The topological polar surface area (TPSA) is 37.4 Å². The van der Waals surface area contributed by atoms with E-state index in [1.54, 1.807) is 19.2 Å². The molecule has 0 N–H and O–H groups in total. The number of benzene rings is 2. The summed E-state index contributed by atoms with van der Waals surface area (Å²) in [4.78, 5) is 0.330. The highest BCUT2D eigenvalue weighted by atomic mass is 32.2. The fraction of sp³-hybridized carbons (Fsp3) is 0.200. The first-order chi connectivity index (χ1) is 9.05. The van der Waals surface area contributed by atoms with Crippen molar-refractivity contribution >= 4 is 10.0 Å². The zero-order valence-corrected chi connectivity index (χ0v) is 11.9. The molecule has 2 rings (SSSR count). The van der Waals surface area contributed by atoms with Crippen molar-refractivity contribution in [2.45, 2.75) is 11.8 Å². The van der Waals surface area contributed by atoms with Crippen LogP contribution in [0, 0.1) is 0 Å². The van der Waals surface area contributed by atoms with Crippen molar-refractivity contribution in [1.82, 2.24) is 4.31 Å². The van der Waals surface area contributed by atoms with Crippen molar-refractivity contribution < 1.29 is 8.42 Å². The predicted octanol–water partition coefficient (Wildman–Crippen LogP) is 2.99. The van der Waals surface area contributed by atoms with E-state index < -0.39 is 10.0 Å². The third-order valence-corrected chi connectivity index (χ3v) is 5.06. The van der Waals surface area contributed by atoms with E-state index in [9.17, 15) is 8.42 Å². The highest BCUT2D eigenvalue weighted by Gasteiger charge is 2.18. The summed E-state index contributed by atoms with van der Waals surface area (Å²) < 4.78 is 25.6. The molecule has 19 heavy (non-hydrogen) atoms. The summed E-state index contributed by atoms with van der Waals surface area (Å²) in [6.07, 6.45) is 0. The molecular formula is C15H17NO2S. The summed E-state index contributed by atoms with van der Waals surface area (Å²) in [5.74, 6) is 0. The molecule has 0 aromatic heterocycles. The van der Waals surface area contributed by atoms with Crippen LogP contribution in [0.4, 0.5) is 0 Å². The molecule has 0 spiro atoms. The van der Waals surface area contributed by atoms with Gasteiger partial charge in [0.25, 0.3) is 0 Å². The van der Waals surface area contributed by atoms with Gasteiger partial charge in [0, 0.05) is 13.6 Å². The van der Waals surface area contributed by atoms with E-state index in [1.165, 1.54) is 4.31 Å². The van der Waals surface area contributed by atoms with Crippen LogP contribution in [0.5, 0.6) is 0 Å². The zero-order chi connectivity index (χ0) is 13.9. The molecular weight excluding hydrogens is 258 g/mol. The molecule has 0 radical (unpaired) electrons. The van der Waals surface area contributed by atoms with Gasteiger partial charge in [-0.25, -0.2) is 12.7 Å². The quantitative estimate of drug-likeness (QED) is 0.860. The van der Waals surface area contributed by atoms with Crippen LogP contribution in [-0.2, 0) is 10.0 Å². The molecule has 2 aromatic rings. The fourth-order valence-electron chi connectivity index (χ4n) is 1.80. The lowest BCUT2D eigenvalue weighted by Crippen LogP contribution is -2.26. The second-order valence-corrected chi connectivity index (χ2v) is 6.35. The van der Waals surface area contributed by atoms with Crippen molar-refractivity contribution in [3.8, 4) is 11.1 Å². The molecule has 0 aliphatic rings. The van der Waals surface area contributed by atoms with E-state index in [0.29, 0.717) is 11.4 Å². The van der Waals surface area contributed by atoms with Crippen LogP contribution in [0.1, 0.15) is 6.92 Å². The molecule has 0 atom stereocenters. The van der Waals surface area contributed by atoms with Gasteiger partial charge in [-0.2, -0.15) is 0 Å². The van der Waals surface area contributed by atoms with Crippen LogP contribution >= 0.6 is 0 Å².